The molecule has 3 heterocycles. The lowest BCUT2D eigenvalue weighted by atomic mass is 9.73. The van der Waals surface area contributed by atoms with Crippen molar-refractivity contribution in [2.24, 2.45) is 11.3 Å². The maximum Gasteiger partial charge on any atom is 0.255 e. The first-order valence-corrected chi connectivity index (χ1v) is 9.31. The fourth-order valence-electron chi connectivity index (χ4n) is 4.32. The summed E-state index contributed by atoms with van der Waals surface area (Å²) in [4.78, 5) is 42.8. The third-order valence-electron chi connectivity index (χ3n) is 5.90. The maximum atomic E-state index is 12.8. The lowest BCUT2D eigenvalue weighted by molar-refractivity contribution is -0.139. The summed E-state index contributed by atoms with van der Waals surface area (Å²) >= 11 is 0. The molecule has 0 radical (unpaired) electrons. The Morgan fingerprint density at radius 1 is 1.20 bits per heavy atom. The van der Waals surface area contributed by atoms with Crippen molar-refractivity contribution in [3.63, 3.8) is 0 Å². The van der Waals surface area contributed by atoms with E-state index in [-0.39, 0.29) is 22.8 Å². The second-order valence-corrected chi connectivity index (χ2v) is 7.99. The van der Waals surface area contributed by atoms with Crippen LogP contribution >= 0.6 is 0 Å². The number of piperidine rings is 2. The van der Waals surface area contributed by atoms with Gasteiger partial charge in [-0.1, -0.05) is 0 Å². The predicted octanol–water partition coefficient (Wildman–Crippen LogP) is 1.63. The highest BCUT2D eigenvalue weighted by molar-refractivity contribution is 5.94. The topological polar surface area (TPSA) is 73.5 Å². The van der Waals surface area contributed by atoms with Crippen LogP contribution in [0.4, 0.5) is 0 Å². The molecule has 25 heavy (non-hydrogen) atoms. The Kier molecular flexibility index (Phi) is 4.13. The van der Waals surface area contributed by atoms with Crippen molar-refractivity contribution in [2.75, 3.05) is 26.2 Å². The second kappa shape index (κ2) is 6.32. The van der Waals surface area contributed by atoms with Gasteiger partial charge in [-0.2, -0.15) is 0 Å². The number of aromatic nitrogens is 1. The van der Waals surface area contributed by atoms with Gasteiger partial charge in [0, 0.05) is 50.3 Å². The zero-order chi connectivity index (χ0) is 17.4. The van der Waals surface area contributed by atoms with Gasteiger partial charge in [-0.05, 0) is 44.1 Å². The van der Waals surface area contributed by atoms with Crippen LogP contribution in [-0.4, -0.2) is 52.8 Å². The molecule has 0 bridgehead atoms. The van der Waals surface area contributed by atoms with E-state index in [1.165, 1.54) is 25.1 Å². The molecule has 0 unspecified atom stereocenters. The minimum absolute atomic E-state index is 0.0269. The maximum absolute atomic E-state index is 12.8. The Labute approximate surface area is 147 Å². The Hall–Kier alpha value is -2.11. The lowest BCUT2D eigenvalue weighted by Crippen LogP contribution is -2.55. The molecule has 2 saturated heterocycles. The number of likely N-dealkylation sites (tertiary alicyclic amines) is 2. The summed E-state index contributed by atoms with van der Waals surface area (Å²) < 4.78 is 0. The van der Waals surface area contributed by atoms with Crippen molar-refractivity contribution < 1.29 is 9.59 Å². The van der Waals surface area contributed by atoms with E-state index in [4.69, 9.17) is 0 Å². The van der Waals surface area contributed by atoms with E-state index < -0.39 is 0 Å². The molecule has 1 spiro atoms. The first-order valence-electron chi connectivity index (χ1n) is 9.31. The molecule has 1 aromatic rings. The Morgan fingerprint density at radius 2 is 2.04 bits per heavy atom. The van der Waals surface area contributed by atoms with Crippen LogP contribution < -0.4 is 5.56 Å². The first kappa shape index (κ1) is 16.4. The summed E-state index contributed by atoms with van der Waals surface area (Å²) in [6.45, 7) is 3.14. The monoisotopic (exact) mass is 343 g/mol. The van der Waals surface area contributed by atoms with E-state index in [9.17, 15) is 14.4 Å². The smallest absolute Gasteiger partial charge is 0.255 e. The van der Waals surface area contributed by atoms with Gasteiger partial charge in [0.05, 0.1) is 5.56 Å². The van der Waals surface area contributed by atoms with Crippen LogP contribution in [0.1, 0.15) is 48.9 Å². The minimum atomic E-state index is -0.201. The number of nitrogens with one attached hydrogen (secondary N) is 1. The molecule has 6 heteroatoms. The number of aromatic amines is 1. The van der Waals surface area contributed by atoms with E-state index in [2.05, 4.69) is 9.88 Å². The van der Waals surface area contributed by atoms with Crippen molar-refractivity contribution in [2.45, 2.75) is 38.5 Å². The highest BCUT2D eigenvalue weighted by Crippen LogP contribution is 2.40. The van der Waals surface area contributed by atoms with Gasteiger partial charge >= 0.3 is 0 Å². The highest BCUT2D eigenvalue weighted by atomic mass is 16.2. The molecule has 4 rings (SSSR count). The Balaban J connectivity index is 1.47. The van der Waals surface area contributed by atoms with Crippen LogP contribution in [0.2, 0.25) is 0 Å². The molecule has 3 aliphatic rings. The number of hydrogen-bond acceptors (Lipinski definition) is 3. The van der Waals surface area contributed by atoms with Crippen LogP contribution in [0.5, 0.6) is 0 Å². The Morgan fingerprint density at radius 3 is 2.76 bits per heavy atom. The summed E-state index contributed by atoms with van der Waals surface area (Å²) in [6.07, 6.45) is 7.52. The zero-order valence-corrected chi connectivity index (χ0v) is 14.5. The van der Waals surface area contributed by atoms with Crippen molar-refractivity contribution >= 4 is 11.8 Å². The van der Waals surface area contributed by atoms with Crippen LogP contribution in [-0.2, 0) is 4.79 Å². The summed E-state index contributed by atoms with van der Waals surface area (Å²) in [5, 5.41) is 0. The van der Waals surface area contributed by atoms with E-state index in [1.807, 2.05) is 4.90 Å². The van der Waals surface area contributed by atoms with Gasteiger partial charge in [0.15, 0.2) is 0 Å². The molecule has 0 aromatic carbocycles. The average Bonchev–Trinajstić information content (AvgIpc) is 3.43. The molecule has 6 nitrogen and oxygen atoms in total. The molecule has 2 amide bonds. The van der Waals surface area contributed by atoms with Crippen molar-refractivity contribution in [1.82, 2.24) is 14.8 Å². The summed E-state index contributed by atoms with van der Waals surface area (Å²) in [5.74, 6) is 0.948. The second-order valence-electron chi connectivity index (χ2n) is 7.99. The van der Waals surface area contributed by atoms with Crippen LogP contribution in [0.25, 0.3) is 0 Å². The summed E-state index contributed by atoms with van der Waals surface area (Å²) in [7, 11) is 0. The number of nitrogens with zero attached hydrogens (tertiary/aromatic N) is 2. The highest BCUT2D eigenvalue weighted by Gasteiger charge is 2.43. The van der Waals surface area contributed by atoms with Gasteiger partial charge in [0.2, 0.25) is 11.5 Å². The standard InChI is InChI=1S/C19H25N3O3/c23-16-5-4-15(10-20-16)18(25)21-9-1-7-19(12-21)8-6-17(24)22(13-19)11-14-2-3-14/h4-5,10,14H,1-3,6-9,11-13H2,(H,20,23)/t19-/m0/s1. The molecule has 1 aromatic heterocycles. The normalized spacial score (nSPS) is 27.0. The van der Waals surface area contributed by atoms with Gasteiger partial charge in [-0.15, -0.1) is 0 Å². The van der Waals surface area contributed by atoms with Crippen LogP contribution in [0.3, 0.4) is 0 Å². The summed E-state index contributed by atoms with van der Waals surface area (Å²) in [5.41, 5.74) is 0.366. The number of hydrogen-bond donors (Lipinski definition) is 1. The van der Waals surface area contributed by atoms with Gasteiger partial charge in [-0.3, -0.25) is 14.4 Å². The molecular weight excluding hydrogens is 318 g/mol. The predicted molar refractivity (Wildman–Crippen MR) is 93.2 cm³/mol. The average molecular weight is 343 g/mol. The quantitative estimate of drug-likeness (QED) is 0.906. The van der Waals surface area contributed by atoms with Gasteiger partial charge in [-0.25, -0.2) is 0 Å². The third kappa shape index (κ3) is 3.48. The molecule has 2 aliphatic heterocycles. The van der Waals surface area contributed by atoms with Gasteiger partial charge in [0.25, 0.3) is 5.91 Å². The van der Waals surface area contributed by atoms with Crippen molar-refractivity contribution in [3.8, 4) is 0 Å². The lowest BCUT2D eigenvalue weighted by Gasteiger charge is -2.48. The van der Waals surface area contributed by atoms with Crippen molar-refractivity contribution in [1.29, 1.82) is 0 Å². The largest absolute Gasteiger partial charge is 0.342 e. The third-order valence-corrected chi connectivity index (χ3v) is 5.90. The van der Waals surface area contributed by atoms with Crippen LogP contribution in [0.15, 0.2) is 23.1 Å². The Bertz CT molecular complexity index is 719. The number of amides is 2. The van der Waals surface area contributed by atoms with E-state index in [0.717, 1.165) is 38.9 Å². The molecular formula is C19H25N3O3. The molecule has 3 fully saturated rings. The molecule has 134 valence electrons. The fourth-order valence-corrected chi connectivity index (χ4v) is 4.32. The number of carbonyl (C=O) groups excluding carboxylic acids is 2. The van der Waals surface area contributed by atoms with Crippen LogP contribution in [0, 0.1) is 11.3 Å². The number of pyridine rings is 1. The first-order chi connectivity index (χ1) is 12.0. The molecule has 1 aliphatic carbocycles. The SMILES string of the molecule is O=C1CC[C@]2(CCCN(C(=O)c3ccc(=O)[nH]c3)C2)CN1CC1CC1. The number of rotatable bonds is 3. The zero-order valence-electron chi connectivity index (χ0n) is 14.5. The van der Waals surface area contributed by atoms with Gasteiger partial charge < -0.3 is 14.8 Å². The van der Waals surface area contributed by atoms with Gasteiger partial charge in [0.1, 0.15) is 0 Å². The minimum Gasteiger partial charge on any atom is -0.342 e. The number of H-pyrrole nitrogens is 1. The number of carbonyl (C=O) groups is 2. The summed E-state index contributed by atoms with van der Waals surface area (Å²) in [6, 6.07) is 2.98. The van der Waals surface area contributed by atoms with E-state index in [1.54, 1.807) is 6.07 Å². The van der Waals surface area contributed by atoms with E-state index in [0.29, 0.717) is 24.4 Å². The van der Waals surface area contributed by atoms with E-state index >= 15 is 0 Å². The molecule has 1 atom stereocenters. The fraction of sp³-hybridized carbons (Fsp3) is 0.632. The molecule has 1 N–H and O–H groups in total. The van der Waals surface area contributed by atoms with Crippen molar-refractivity contribution in [3.05, 3.63) is 34.2 Å². The molecule has 1 saturated carbocycles.